The Morgan fingerprint density at radius 2 is 1.94 bits per heavy atom. The maximum Gasteiger partial charge on any atom is 0.159 e. The minimum Gasteiger partial charge on any atom is -0.508 e. The minimum absolute atomic E-state index is 0.205. The first-order valence-corrected chi connectivity index (χ1v) is 5.62. The molecule has 2 heteroatoms. The Hall–Kier alpha value is -2.01. The lowest BCUT2D eigenvalue weighted by atomic mass is 10.1. The summed E-state index contributed by atoms with van der Waals surface area (Å²) >= 11 is 0. The molecule has 1 aromatic rings. The minimum atomic E-state index is 0.205. The molecule has 2 rings (SSSR count). The zero-order valence-electron chi connectivity index (χ0n) is 10.0. The highest BCUT2D eigenvalue weighted by Crippen LogP contribution is 2.22. The van der Waals surface area contributed by atoms with Crippen LogP contribution < -0.4 is 0 Å². The molecule has 1 aliphatic carbocycles. The van der Waals surface area contributed by atoms with Gasteiger partial charge in [0.25, 0.3) is 0 Å². The third kappa shape index (κ3) is 2.39. The van der Waals surface area contributed by atoms with Gasteiger partial charge in [0.05, 0.1) is 0 Å². The molecule has 1 aliphatic rings. The van der Waals surface area contributed by atoms with Crippen LogP contribution in [-0.4, -0.2) is 10.9 Å². The highest BCUT2D eigenvalue weighted by molar-refractivity contribution is 5.99. The molecule has 1 N–H and O–H groups in total. The molecule has 2 nitrogen and oxygen atoms in total. The molecule has 1 aromatic carbocycles. The molecule has 0 saturated carbocycles. The van der Waals surface area contributed by atoms with Gasteiger partial charge in [-0.25, -0.2) is 0 Å². The third-order valence-corrected chi connectivity index (χ3v) is 3.03. The quantitative estimate of drug-likeness (QED) is 0.691. The number of rotatable bonds is 0. The highest BCUT2D eigenvalue weighted by atomic mass is 16.3. The van der Waals surface area contributed by atoms with E-state index in [1.54, 1.807) is 18.2 Å². The summed E-state index contributed by atoms with van der Waals surface area (Å²) in [4.78, 5) is 11.3. The van der Waals surface area contributed by atoms with Crippen LogP contribution >= 0.6 is 0 Å². The van der Waals surface area contributed by atoms with E-state index in [2.05, 4.69) is 11.8 Å². The Labute approximate surface area is 101 Å². The Morgan fingerprint density at radius 1 is 1.18 bits per heavy atom. The topological polar surface area (TPSA) is 37.3 Å². The number of ketones is 1. The van der Waals surface area contributed by atoms with E-state index >= 15 is 0 Å². The Balaban J connectivity index is 2.31. The van der Waals surface area contributed by atoms with E-state index in [1.807, 2.05) is 13.8 Å². The van der Waals surface area contributed by atoms with Crippen molar-refractivity contribution in [1.82, 2.24) is 0 Å². The number of benzene rings is 1. The van der Waals surface area contributed by atoms with Gasteiger partial charge in [-0.05, 0) is 44.0 Å². The SMILES string of the molecule is CC1=C(C#Cc2ccc(O)cc2C)CCC1=O. The number of carbonyl (C=O) groups is 1. The predicted molar refractivity (Wildman–Crippen MR) is 66.7 cm³/mol. The van der Waals surface area contributed by atoms with Crippen LogP contribution in [-0.2, 0) is 4.79 Å². The fraction of sp³-hybridized carbons (Fsp3) is 0.267. The van der Waals surface area contributed by atoms with Gasteiger partial charge in [0, 0.05) is 23.1 Å². The third-order valence-electron chi connectivity index (χ3n) is 3.03. The average molecular weight is 226 g/mol. The van der Waals surface area contributed by atoms with Gasteiger partial charge in [-0.15, -0.1) is 0 Å². The van der Waals surface area contributed by atoms with E-state index in [9.17, 15) is 9.90 Å². The molecule has 0 bridgehead atoms. The van der Waals surface area contributed by atoms with Crippen LogP contribution in [0.2, 0.25) is 0 Å². The maximum atomic E-state index is 11.3. The summed E-state index contributed by atoms with van der Waals surface area (Å²) in [6, 6.07) is 5.10. The second-order valence-electron chi connectivity index (χ2n) is 4.28. The van der Waals surface area contributed by atoms with Gasteiger partial charge >= 0.3 is 0 Å². The van der Waals surface area contributed by atoms with Crippen LogP contribution in [0.15, 0.2) is 29.3 Å². The van der Waals surface area contributed by atoms with Crippen molar-refractivity contribution in [1.29, 1.82) is 0 Å². The number of hydrogen-bond donors (Lipinski definition) is 1. The van der Waals surface area contributed by atoms with E-state index in [4.69, 9.17) is 0 Å². The summed E-state index contributed by atoms with van der Waals surface area (Å²) in [7, 11) is 0. The Bertz CT molecular complexity index is 568. The van der Waals surface area contributed by atoms with Crippen molar-refractivity contribution in [2.24, 2.45) is 0 Å². The van der Waals surface area contributed by atoms with Gasteiger partial charge in [-0.1, -0.05) is 11.8 Å². The summed E-state index contributed by atoms with van der Waals surface area (Å²) in [5.74, 6) is 6.58. The van der Waals surface area contributed by atoms with E-state index < -0.39 is 0 Å². The number of Topliss-reactive ketones (excluding diaryl/α,β-unsaturated/α-hetero) is 1. The fourth-order valence-electron chi connectivity index (χ4n) is 1.87. The van der Waals surface area contributed by atoms with Crippen molar-refractivity contribution in [3.63, 3.8) is 0 Å². The van der Waals surface area contributed by atoms with Crippen molar-refractivity contribution >= 4 is 5.78 Å². The number of phenols is 1. The van der Waals surface area contributed by atoms with E-state index in [1.165, 1.54) is 0 Å². The molecule has 0 fully saturated rings. The van der Waals surface area contributed by atoms with Gasteiger partial charge in [0.1, 0.15) is 5.75 Å². The van der Waals surface area contributed by atoms with Crippen LogP contribution in [0.1, 0.15) is 30.9 Å². The molecule has 0 aliphatic heterocycles. The average Bonchev–Trinajstić information content (AvgIpc) is 2.59. The van der Waals surface area contributed by atoms with Gasteiger partial charge < -0.3 is 5.11 Å². The molecular weight excluding hydrogens is 212 g/mol. The van der Waals surface area contributed by atoms with Crippen molar-refractivity contribution in [3.05, 3.63) is 40.5 Å². The second-order valence-corrected chi connectivity index (χ2v) is 4.28. The molecule has 0 amide bonds. The number of phenolic OH excluding ortho intramolecular Hbond substituents is 1. The molecule has 86 valence electrons. The van der Waals surface area contributed by atoms with Crippen LogP contribution in [0.4, 0.5) is 0 Å². The smallest absolute Gasteiger partial charge is 0.159 e. The second kappa shape index (κ2) is 4.47. The molecule has 0 saturated heterocycles. The Morgan fingerprint density at radius 3 is 2.53 bits per heavy atom. The molecule has 0 aromatic heterocycles. The summed E-state index contributed by atoms with van der Waals surface area (Å²) in [6.45, 7) is 3.74. The maximum absolute atomic E-state index is 11.3. The fourth-order valence-corrected chi connectivity index (χ4v) is 1.87. The van der Waals surface area contributed by atoms with E-state index in [-0.39, 0.29) is 11.5 Å². The largest absolute Gasteiger partial charge is 0.508 e. The molecule has 0 heterocycles. The van der Waals surface area contributed by atoms with Gasteiger partial charge in [-0.2, -0.15) is 0 Å². The van der Waals surface area contributed by atoms with Crippen molar-refractivity contribution in [2.45, 2.75) is 26.7 Å². The van der Waals surface area contributed by atoms with Gasteiger partial charge in [-0.3, -0.25) is 4.79 Å². The number of aromatic hydroxyl groups is 1. The van der Waals surface area contributed by atoms with Crippen molar-refractivity contribution in [3.8, 4) is 17.6 Å². The van der Waals surface area contributed by atoms with Crippen LogP contribution in [0.25, 0.3) is 0 Å². The lowest BCUT2D eigenvalue weighted by Crippen LogP contribution is -1.89. The van der Waals surface area contributed by atoms with E-state index in [0.29, 0.717) is 6.42 Å². The highest BCUT2D eigenvalue weighted by Gasteiger charge is 2.17. The first kappa shape index (κ1) is 11.5. The Kier molecular flexibility index (Phi) is 3.01. The number of hydrogen-bond acceptors (Lipinski definition) is 2. The van der Waals surface area contributed by atoms with Crippen LogP contribution in [0.5, 0.6) is 5.75 Å². The van der Waals surface area contributed by atoms with Gasteiger partial charge in [0.15, 0.2) is 5.78 Å². The zero-order valence-corrected chi connectivity index (χ0v) is 10.0. The zero-order chi connectivity index (χ0) is 12.4. The molecule has 17 heavy (non-hydrogen) atoms. The first-order valence-electron chi connectivity index (χ1n) is 5.62. The molecule has 0 radical (unpaired) electrons. The standard InChI is InChI=1S/C15H14O2/c1-10-9-14(16)7-5-12(10)3-4-13-6-8-15(17)11(13)2/h5,7,9,16H,6,8H2,1-2H3. The summed E-state index contributed by atoms with van der Waals surface area (Å²) in [5.41, 5.74) is 3.58. The number of aryl methyl sites for hydroxylation is 1. The monoisotopic (exact) mass is 226 g/mol. The predicted octanol–water partition coefficient (Wildman–Crippen LogP) is 2.73. The van der Waals surface area contributed by atoms with Crippen LogP contribution in [0, 0.1) is 18.8 Å². The normalized spacial score (nSPS) is 14.8. The molecule has 0 atom stereocenters. The molecule has 0 spiro atoms. The summed E-state index contributed by atoms with van der Waals surface area (Å²) in [5, 5.41) is 9.29. The lowest BCUT2D eigenvalue weighted by molar-refractivity contribution is -0.114. The lowest BCUT2D eigenvalue weighted by Gasteiger charge is -1.98. The summed E-state index contributed by atoms with van der Waals surface area (Å²) in [6.07, 6.45) is 1.35. The van der Waals surface area contributed by atoms with Crippen LogP contribution in [0.3, 0.4) is 0 Å². The van der Waals surface area contributed by atoms with Crippen molar-refractivity contribution in [2.75, 3.05) is 0 Å². The first-order chi connectivity index (χ1) is 8.08. The molecule has 0 unspecified atom stereocenters. The molecular formula is C15H14O2. The van der Waals surface area contributed by atoms with Crippen molar-refractivity contribution < 1.29 is 9.90 Å². The van der Waals surface area contributed by atoms with E-state index in [0.717, 1.165) is 28.7 Å². The number of allylic oxidation sites excluding steroid dienone is 2. The number of carbonyl (C=O) groups excluding carboxylic acids is 1. The summed E-state index contributed by atoms with van der Waals surface area (Å²) < 4.78 is 0. The van der Waals surface area contributed by atoms with Gasteiger partial charge in [0.2, 0.25) is 0 Å².